The van der Waals surface area contributed by atoms with E-state index in [1.54, 1.807) is 12.1 Å². The van der Waals surface area contributed by atoms with E-state index < -0.39 is 10.0 Å². The van der Waals surface area contributed by atoms with Gasteiger partial charge in [0.2, 0.25) is 5.91 Å². The number of nitrogens with zero attached hydrogens (tertiary/aromatic N) is 2. The number of hydrogen-bond donors (Lipinski definition) is 1. The Kier molecular flexibility index (Phi) is 5.05. The minimum absolute atomic E-state index is 0.161. The third-order valence-electron chi connectivity index (χ3n) is 3.91. The van der Waals surface area contributed by atoms with Gasteiger partial charge < -0.3 is 5.32 Å². The van der Waals surface area contributed by atoms with E-state index in [4.69, 9.17) is 0 Å². The zero-order valence-corrected chi connectivity index (χ0v) is 15.9. The molecule has 1 aliphatic rings. The predicted octanol–water partition coefficient (Wildman–Crippen LogP) is 2.86. The first-order chi connectivity index (χ1) is 11.4. The SMILES string of the molecule is Cc1csc(NC(=O)C2CCCN(S(=O)(=O)c3ccc(C)s3)C2)n1. The molecule has 1 amide bonds. The molecule has 0 spiro atoms. The number of piperidine rings is 1. The summed E-state index contributed by atoms with van der Waals surface area (Å²) in [5.41, 5.74) is 0.858. The molecule has 3 heterocycles. The highest BCUT2D eigenvalue weighted by Gasteiger charge is 2.34. The van der Waals surface area contributed by atoms with Crippen molar-refractivity contribution < 1.29 is 13.2 Å². The predicted molar refractivity (Wildman–Crippen MR) is 96.0 cm³/mol. The summed E-state index contributed by atoms with van der Waals surface area (Å²) < 4.78 is 27.2. The van der Waals surface area contributed by atoms with E-state index in [1.165, 1.54) is 27.0 Å². The number of sulfonamides is 1. The molecular weight excluding hydrogens is 366 g/mol. The molecular formula is C15H19N3O3S3. The summed E-state index contributed by atoms with van der Waals surface area (Å²) in [5, 5.41) is 5.23. The second-order valence-corrected chi connectivity index (χ2v) is 10.2. The third-order valence-corrected chi connectivity index (χ3v) is 8.12. The molecule has 3 rings (SSSR count). The summed E-state index contributed by atoms with van der Waals surface area (Å²) in [4.78, 5) is 17.6. The van der Waals surface area contributed by atoms with Gasteiger partial charge in [-0.2, -0.15) is 4.31 Å². The minimum atomic E-state index is -3.52. The van der Waals surface area contributed by atoms with Crippen LogP contribution in [0, 0.1) is 19.8 Å². The Morgan fingerprint density at radius 3 is 2.79 bits per heavy atom. The third kappa shape index (κ3) is 3.69. The molecule has 6 nitrogen and oxygen atoms in total. The van der Waals surface area contributed by atoms with E-state index in [9.17, 15) is 13.2 Å². The van der Waals surface area contributed by atoms with Crippen LogP contribution in [0.25, 0.3) is 0 Å². The van der Waals surface area contributed by atoms with Crippen molar-refractivity contribution >= 4 is 43.7 Å². The van der Waals surface area contributed by atoms with E-state index in [1.807, 2.05) is 19.2 Å². The number of aromatic nitrogens is 1. The lowest BCUT2D eigenvalue weighted by atomic mass is 9.99. The molecule has 1 unspecified atom stereocenters. The monoisotopic (exact) mass is 385 g/mol. The van der Waals surface area contributed by atoms with Gasteiger partial charge in [-0.15, -0.1) is 22.7 Å². The lowest BCUT2D eigenvalue weighted by Gasteiger charge is -2.30. The number of thiazole rings is 1. The van der Waals surface area contributed by atoms with Gasteiger partial charge in [-0.1, -0.05) is 0 Å². The second-order valence-electron chi connectivity index (χ2n) is 5.85. The van der Waals surface area contributed by atoms with Crippen LogP contribution in [0.5, 0.6) is 0 Å². The van der Waals surface area contributed by atoms with Crippen molar-refractivity contribution in [3.8, 4) is 0 Å². The molecule has 1 aliphatic heterocycles. The van der Waals surface area contributed by atoms with Crippen LogP contribution in [-0.4, -0.2) is 36.7 Å². The number of thiophene rings is 1. The molecule has 1 N–H and O–H groups in total. The quantitative estimate of drug-likeness (QED) is 0.878. The maximum Gasteiger partial charge on any atom is 0.252 e. The lowest BCUT2D eigenvalue weighted by molar-refractivity contribution is -0.120. The zero-order chi connectivity index (χ0) is 17.3. The average molecular weight is 386 g/mol. The Hall–Kier alpha value is -1.29. The van der Waals surface area contributed by atoms with Gasteiger partial charge in [-0.3, -0.25) is 4.79 Å². The van der Waals surface area contributed by atoms with Crippen molar-refractivity contribution in [3.63, 3.8) is 0 Å². The van der Waals surface area contributed by atoms with Crippen LogP contribution in [0.15, 0.2) is 21.7 Å². The van der Waals surface area contributed by atoms with E-state index in [0.29, 0.717) is 28.7 Å². The Bertz CT molecular complexity index is 841. The van der Waals surface area contributed by atoms with Crippen molar-refractivity contribution in [2.24, 2.45) is 5.92 Å². The summed E-state index contributed by atoms with van der Waals surface area (Å²) in [7, 11) is -3.52. The maximum absolute atomic E-state index is 12.7. The van der Waals surface area contributed by atoms with Gasteiger partial charge in [-0.05, 0) is 38.8 Å². The van der Waals surface area contributed by atoms with E-state index >= 15 is 0 Å². The normalized spacial score (nSPS) is 19.3. The van der Waals surface area contributed by atoms with Gasteiger partial charge in [0.15, 0.2) is 5.13 Å². The molecule has 2 aromatic heterocycles. The first-order valence-corrected chi connectivity index (χ1v) is 10.8. The zero-order valence-electron chi connectivity index (χ0n) is 13.5. The average Bonchev–Trinajstić information content (AvgIpc) is 3.16. The summed E-state index contributed by atoms with van der Waals surface area (Å²) in [6.07, 6.45) is 1.37. The van der Waals surface area contributed by atoms with Crippen molar-refractivity contribution in [2.45, 2.75) is 30.9 Å². The molecule has 0 aromatic carbocycles. The number of anilines is 1. The highest BCUT2D eigenvalue weighted by molar-refractivity contribution is 7.91. The smallest absolute Gasteiger partial charge is 0.252 e. The summed E-state index contributed by atoms with van der Waals surface area (Å²) in [6, 6.07) is 3.44. The molecule has 0 aliphatic carbocycles. The van der Waals surface area contributed by atoms with Gasteiger partial charge in [0, 0.05) is 23.3 Å². The first-order valence-electron chi connectivity index (χ1n) is 7.66. The second kappa shape index (κ2) is 6.91. The molecule has 1 saturated heterocycles. The topological polar surface area (TPSA) is 79.4 Å². The number of amides is 1. The minimum Gasteiger partial charge on any atom is -0.302 e. The molecule has 9 heteroatoms. The Balaban J connectivity index is 1.71. The van der Waals surface area contributed by atoms with Gasteiger partial charge in [-0.25, -0.2) is 13.4 Å². The summed E-state index contributed by atoms with van der Waals surface area (Å²) in [6.45, 7) is 4.42. The Morgan fingerprint density at radius 1 is 1.38 bits per heavy atom. The molecule has 24 heavy (non-hydrogen) atoms. The number of aryl methyl sites for hydroxylation is 2. The first kappa shape index (κ1) is 17.5. The van der Waals surface area contributed by atoms with Gasteiger partial charge >= 0.3 is 0 Å². The van der Waals surface area contributed by atoms with Crippen molar-refractivity contribution in [2.75, 3.05) is 18.4 Å². The van der Waals surface area contributed by atoms with Crippen molar-refractivity contribution in [1.82, 2.24) is 9.29 Å². The van der Waals surface area contributed by atoms with Crippen LogP contribution >= 0.6 is 22.7 Å². The fourth-order valence-electron chi connectivity index (χ4n) is 2.67. The molecule has 2 aromatic rings. The fourth-order valence-corrected chi connectivity index (χ4v) is 6.32. The van der Waals surface area contributed by atoms with Crippen LogP contribution in [-0.2, 0) is 14.8 Å². The highest BCUT2D eigenvalue weighted by Crippen LogP contribution is 2.28. The van der Waals surface area contributed by atoms with E-state index in [2.05, 4.69) is 10.3 Å². The number of carbonyl (C=O) groups excluding carboxylic acids is 1. The standard InChI is InChI=1S/C15H19N3O3S3/c1-10-9-22-15(16-10)17-14(19)12-4-3-7-18(8-12)24(20,21)13-6-5-11(2)23-13/h5-6,9,12H,3-4,7-8H2,1-2H3,(H,16,17,19). The fraction of sp³-hybridized carbons (Fsp3) is 0.467. The van der Waals surface area contributed by atoms with E-state index in [-0.39, 0.29) is 18.4 Å². The van der Waals surface area contributed by atoms with Crippen LogP contribution < -0.4 is 5.32 Å². The number of nitrogens with one attached hydrogen (secondary N) is 1. The van der Waals surface area contributed by atoms with Crippen LogP contribution in [0.1, 0.15) is 23.4 Å². The Labute approximate surface area is 149 Å². The Morgan fingerprint density at radius 2 is 2.17 bits per heavy atom. The van der Waals surface area contributed by atoms with Gasteiger partial charge in [0.05, 0.1) is 11.6 Å². The summed E-state index contributed by atoms with van der Waals surface area (Å²) in [5.74, 6) is -0.509. The molecule has 0 radical (unpaired) electrons. The number of carbonyl (C=O) groups is 1. The summed E-state index contributed by atoms with van der Waals surface area (Å²) >= 11 is 2.64. The molecule has 0 bridgehead atoms. The molecule has 0 saturated carbocycles. The lowest BCUT2D eigenvalue weighted by Crippen LogP contribution is -2.43. The molecule has 1 atom stereocenters. The molecule has 1 fully saturated rings. The molecule has 130 valence electrons. The van der Waals surface area contributed by atoms with Crippen LogP contribution in [0.2, 0.25) is 0 Å². The van der Waals surface area contributed by atoms with Crippen molar-refractivity contribution in [1.29, 1.82) is 0 Å². The largest absolute Gasteiger partial charge is 0.302 e. The van der Waals surface area contributed by atoms with E-state index in [0.717, 1.165) is 10.6 Å². The van der Waals surface area contributed by atoms with Crippen LogP contribution in [0.4, 0.5) is 5.13 Å². The van der Waals surface area contributed by atoms with Gasteiger partial charge in [0.25, 0.3) is 10.0 Å². The van der Waals surface area contributed by atoms with Crippen molar-refractivity contribution in [3.05, 3.63) is 28.1 Å². The number of hydrogen-bond acceptors (Lipinski definition) is 6. The van der Waals surface area contributed by atoms with Gasteiger partial charge in [0.1, 0.15) is 4.21 Å². The number of rotatable bonds is 4. The maximum atomic E-state index is 12.7. The highest BCUT2D eigenvalue weighted by atomic mass is 32.2. The van der Waals surface area contributed by atoms with Crippen LogP contribution in [0.3, 0.4) is 0 Å².